The molecule has 0 aliphatic heterocycles. The minimum atomic E-state index is -0.133. The van der Waals surface area contributed by atoms with Gasteiger partial charge in [-0.2, -0.15) is 10.2 Å². The maximum absolute atomic E-state index is 11.7. The Kier molecular flexibility index (Phi) is 4.83. The van der Waals surface area contributed by atoms with E-state index in [4.69, 9.17) is 11.6 Å². The van der Waals surface area contributed by atoms with E-state index in [1.807, 2.05) is 6.07 Å². The molecule has 6 heteroatoms. The molecule has 0 saturated heterocycles. The van der Waals surface area contributed by atoms with E-state index >= 15 is 0 Å². The van der Waals surface area contributed by atoms with Crippen LogP contribution in [0.15, 0.2) is 42.6 Å². The van der Waals surface area contributed by atoms with Crippen LogP contribution in [0.25, 0.3) is 0 Å². The number of benzene rings is 1. The summed E-state index contributed by atoms with van der Waals surface area (Å²) in [6, 6.07) is 10.7. The lowest BCUT2D eigenvalue weighted by molar-refractivity contribution is -0.115. The number of nitrogens with one attached hydrogen (secondary N) is 2. The summed E-state index contributed by atoms with van der Waals surface area (Å²) in [6.45, 7) is 0.694. The van der Waals surface area contributed by atoms with Gasteiger partial charge in [0.15, 0.2) is 0 Å². The van der Waals surface area contributed by atoms with E-state index in [1.54, 1.807) is 36.5 Å². The Bertz CT molecular complexity index is 547. The highest BCUT2D eigenvalue weighted by Gasteiger charge is 2.02. The summed E-state index contributed by atoms with van der Waals surface area (Å²) in [5.41, 5.74) is 1.47. The van der Waals surface area contributed by atoms with Crippen LogP contribution in [0.1, 0.15) is 5.69 Å². The number of hydrogen-bond donors (Lipinski definition) is 2. The minimum Gasteiger partial charge on any atom is -0.325 e. The van der Waals surface area contributed by atoms with Gasteiger partial charge in [-0.3, -0.25) is 4.79 Å². The maximum Gasteiger partial charge on any atom is 0.238 e. The number of halogens is 1. The van der Waals surface area contributed by atoms with Crippen molar-refractivity contribution in [1.82, 2.24) is 15.5 Å². The van der Waals surface area contributed by atoms with Crippen molar-refractivity contribution < 1.29 is 4.79 Å². The predicted octanol–water partition coefficient (Wildman–Crippen LogP) is 1.86. The van der Waals surface area contributed by atoms with Gasteiger partial charge < -0.3 is 10.6 Å². The fourth-order valence-corrected chi connectivity index (χ4v) is 1.69. The molecule has 0 spiro atoms. The van der Waals surface area contributed by atoms with Gasteiger partial charge in [0.25, 0.3) is 0 Å². The molecule has 0 bridgehead atoms. The van der Waals surface area contributed by atoms with Gasteiger partial charge in [-0.05, 0) is 30.3 Å². The molecule has 98 valence electrons. The summed E-state index contributed by atoms with van der Waals surface area (Å²) in [5.74, 6) is -0.133. The fraction of sp³-hybridized carbons (Fsp3) is 0.154. The third kappa shape index (κ3) is 4.65. The Labute approximate surface area is 116 Å². The van der Waals surface area contributed by atoms with E-state index < -0.39 is 0 Å². The molecule has 0 unspecified atom stereocenters. The van der Waals surface area contributed by atoms with Gasteiger partial charge in [0.05, 0.1) is 12.2 Å². The zero-order chi connectivity index (χ0) is 13.5. The van der Waals surface area contributed by atoms with Gasteiger partial charge in [-0.15, -0.1) is 0 Å². The van der Waals surface area contributed by atoms with Gasteiger partial charge >= 0.3 is 0 Å². The van der Waals surface area contributed by atoms with Crippen LogP contribution in [-0.4, -0.2) is 22.6 Å². The van der Waals surface area contributed by atoms with Gasteiger partial charge in [-0.25, -0.2) is 0 Å². The Morgan fingerprint density at radius 2 is 2.16 bits per heavy atom. The first-order chi connectivity index (χ1) is 9.24. The second kappa shape index (κ2) is 6.82. The first-order valence-electron chi connectivity index (χ1n) is 5.77. The zero-order valence-electron chi connectivity index (χ0n) is 10.1. The van der Waals surface area contributed by atoms with E-state index in [2.05, 4.69) is 20.8 Å². The summed E-state index contributed by atoms with van der Waals surface area (Å²) in [6.07, 6.45) is 1.61. The number of amides is 1. The number of carbonyl (C=O) groups excluding carboxylic acids is 1. The predicted molar refractivity (Wildman–Crippen MR) is 73.8 cm³/mol. The third-order valence-electron chi connectivity index (χ3n) is 2.33. The third-order valence-corrected chi connectivity index (χ3v) is 2.56. The Balaban J connectivity index is 1.76. The average molecular weight is 277 g/mol. The molecule has 1 aromatic heterocycles. The fourth-order valence-electron chi connectivity index (χ4n) is 1.50. The summed E-state index contributed by atoms with van der Waals surface area (Å²) in [5, 5.41) is 14.0. The Morgan fingerprint density at radius 3 is 2.89 bits per heavy atom. The molecule has 0 fully saturated rings. The minimum absolute atomic E-state index is 0.133. The van der Waals surface area contributed by atoms with Crippen molar-refractivity contribution in [2.75, 3.05) is 11.9 Å². The highest BCUT2D eigenvalue weighted by molar-refractivity contribution is 6.30. The van der Waals surface area contributed by atoms with Crippen molar-refractivity contribution in [3.05, 3.63) is 53.3 Å². The zero-order valence-corrected chi connectivity index (χ0v) is 10.9. The SMILES string of the molecule is O=C(CNCc1cccnn1)Nc1cccc(Cl)c1. The monoisotopic (exact) mass is 276 g/mol. The van der Waals surface area contributed by atoms with Crippen molar-refractivity contribution in [1.29, 1.82) is 0 Å². The molecular formula is C13H13ClN4O. The van der Waals surface area contributed by atoms with Crippen LogP contribution in [0.2, 0.25) is 5.02 Å². The summed E-state index contributed by atoms with van der Waals surface area (Å²) < 4.78 is 0. The van der Waals surface area contributed by atoms with E-state index in [0.717, 1.165) is 5.69 Å². The van der Waals surface area contributed by atoms with Crippen LogP contribution in [0, 0.1) is 0 Å². The molecule has 0 saturated carbocycles. The van der Waals surface area contributed by atoms with Gasteiger partial charge in [0.2, 0.25) is 5.91 Å². The second-order valence-electron chi connectivity index (χ2n) is 3.88. The molecule has 0 aliphatic carbocycles. The van der Waals surface area contributed by atoms with Gasteiger partial charge in [0.1, 0.15) is 0 Å². The molecule has 19 heavy (non-hydrogen) atoms. The Morgan fingerprint density at radius 1 is 1.26 bits per heavy atom. The molecule has 2 aromatic rings. The van der Waals surface area contributed by atoms with Gasteiger partial charge in [0, 0.05) is 23.5 Å². The van der Waals surface area contributed by atoms with Crippen LogP contribution in [-0.2, 0) is 11.3 Å². The van der Waals surface area contributed by atoms with Crippen molar-refractivity contribution in [3.63, 3.8) is 0 Å². The molecule has 1 heterocycles. The van der Waals surface area contributed by atoms with Gasteiger partial charge in [-0.1, -0.05) is 17.7 Å². The lowest BCUT2D eigenvalue weighted by Crippen LogP contribution is -2.28. The number of carbonyl (C=O) groups is 1. The number of anilines is 1. The molecule has 0 radical (unpaired) electrons. The van der Waals surface area contributed by atoms with E-state index in [9.17, 15) is 4.79 Å². The number of hydrogen-bond acceptors (Lipinski definition) is 4. The normalized spacial score (nSPS) is 10.2. The molecule has 2 rings (SSSR count). The standard InChI is InChI=1S/C13H13ClN4O/c14-10-3-1-4-11(7-10)17-13(19)9-15-8-12-5-2-6-16-18-12/h1-7,15H,8-9H2,(H,17,19). The average Bonchev–Trinajstić information content (AvgIpc) is 2.40. The molecule has 2 N–H and O–H groups in total. The van der Waals surface area contributed by atoms with E-state index in [-0.39, 0.29) is 12.5 Å². The number of nitrogens with zero attached hydrogens (tertiary/aromatic N) is 2. The highest BCUT2D eigenvalue weighted by Crippen LogP contribution is 2.14. The smallest absolute Gasteiger partial charge is 0.238 e. The van der Waals surface area contributed by atoms with Crippen molar-refractivity contribution in [2.24, 2.45) is 0 Å². The molecular weight excluding hydrogens is 264 g/mol. The van der Waals surface area contributed by atoms with E-state index in [1.165, 1.54) is 0 Å². The highest BCUT2D eigenvalue weighted by atomic mass is 35.5. The first-order valence-corrected chi connectivity index (χ1v) is 6.14. The second-order valence-corrected chi connectivity index (χ2v) is 4.31. The molecule has 5 nitrogen and oxygen atoms in total. The van der Waals surface area contributed by atoms with Crippen LogP contribution >= 0.6 is 11.6 Å². The topological polar surface area (TPSA) is 66.9 Å². The van der Waals surface area contributed by atoms with Crippen LogP contribution in [0.4, 0.5) is 5.69 Å². The quantitative estimate of drug-likeness (QED) is 0.875. The maximum atomic E-state index is 11.7. The lowest BCUT2D eigenvalue weighted by Gasteiger charge is -2.06. The molecule has 0 atom stereocenters. The van der Waals surface area contributed by atoms with Crippen LogP contribution < -0.4 is 10.6 Å². The van der Waals surface area contributed by atoms with Crippen molar-refractivity contribution >= 4 is 23.2 Å². The molecule has 1 aromatic carbocycles. The molecule has 0 aliphatic rings. The Hall–Kier alpha value is -1.98. The van der Waals surface area contributed by atoms with Crippen LogP contribution in [0.5, 0.6) is 0 Å². The summed E-state index contributed by atoms with van der Waals surface area (Å²) in [4.78, 5) is 11.7. The van der Waals surface area contributed by atoms with Crippen LogP contribution in [0.3, 0.4) is 0 Å². The van der Waals surface area contributed by atoms with Crippen molar-refractivity contribution in [3.8, 4) is 0 Å². The number of rotatable bonds is 5. The largest absolute Gasteiger partial charge is 0.325 e. The molecule has 1 amide bonds. The number of aromatic nitrogens is 2. The van der Waals surface area contributed by atoms with Crippen molar-refractivity contribution in [2.45, 2.75) is 6.54 Å². The van der Waals surface area contributed by atoms with E-state index in [0.29, 0.717) is 17.3 Å². The summed E-state index contributed by atoms with van der Waals surface area (Å²) >= 11 is 5.83. The summed E-state index contributed by atoms with van der Waals surface area (Å²) in [7, 11) is 0. The first kappa shape index (κ1) is 13.5. The lowest BCUT2D eigenvalue weighted by atomic mass is 10.3.